The van der Waals surface area contributed by atoms with Crippen LogP contribution in [0.4, 0.5) is 0 Å². The molecule has 1 aliphatic heterocycles. The summed E-state index contributed by atoms with van der Waals surface area (Å²) in [5.41, 5.74) is 0. The molecule has 1 saturated carbocycles. The number of hydrogen-bond acceptors (Lipinski definition) is 5. The summed E-state index contributed by atoms with van der Waals surface area (Å²) in [6.45, 7) is 2.19. The Kier molecular flexibility index (Phi) is 10.2. The lowest BCUT2D eigenvalue weighted by Crippen LogP contribution is -2.20. The van der Waals surface area contributed by atoms with Gasteiger partial charge in [0.15, 0.2) is 0 Å². The largest absolute Gasteiger partial charge is 0.469 e. The van der Waals surface area contributed by atoms with Crippen molar-refractivity contribution in [3.8, 4) is 0 Å². The average molecular weight is 399 g/mol. The first-order valence-corrected chi connectivity index (χ1v) is 12.3. The fourth-order valence-corrected chi connectivity index (χ4v) is 7.79. The minimum atomic E-state index is -0.284. The Balaban J connectivity index is 1.76. The van der Waals surface area contributed by atoms with Crippen LogP contribution in [0, 0.1) is 11.8 Å². The molecule has 0 radical (unpaired) electrons. The lowest BCUT2D eigenvalue weighted by molar-refractivity contribution is -0.140. The Bertz CT molecular complexity index is 478. The molecule has 3 nitrogen and oxygen atoms in total. The molecule has 5 atom stereocenters. The molecule has 2 aliphatic rings. The molecule has 5 heteroatoms. The number of hydrogen-bond donors (Lipinski definition) is 1. The maximum absolute atomic E-state index is 11.1. The van der Waals surface area contributed by atoms with E-state index in [1.807, 2.05) is 10.8 Å². The van der Waals surface area contributed by atoms with Gasteiger partial charge in [0.25, 0.3) is 0 Å². The van der Waals surface area contributed by atoms with Crippen LogP contribution in [-0.2, 0) is 9.53 Å². The van der Waals surface area contributed by atoms with Crippen LogP contribution in [0.1, 0.15) is 64.7 Å². The molecule has 0 aromatic rings. The molecule has 2 fully saturated rings. The Hall–Kier alpha value is -0.390. The zero-order chi connectivity index (χ0) is 18.8. The van der Waals surface area contributed by atoms with Gasteiger partial charge in [0, 0.05) is 16.9 Å². The third-order valence-electron chi connectivity index (χ3n) is 5.38. The molecule has 1 aliphatic carbocycles. The van der Waals surface area contributed by atoms with E-state index in [2.05, 4.69) is 46.8 Å². The van der Waals surface area contributed by atoms with Crippen LogP contribution < -0.4 is 0 Å². The highest BCUT2D eigenvalue weighted by Crippen LogP contribution is 2.59. The molecule has 1 N–H and O–H groups in total. The van der Waals surface area contributed by atoms with E-state index in [1.165, 1.54) is 26.4 Å². The molecule has 0 spiro atoms. The molecular weight excluding hydrogens is 364 g/mol. The third kappa shape index (κ3) is 6.97. The zero-order valence-corrected chi connectivity index (χ0v) is 17.8. The second-order valence-corrected chi connectivity index (χ2v) is 10.1. The van der Waals surface area contributed by atoms with Gasteiger partial charge >= 0.3 is 5.97 Å². The van der Waals surface area contributed by atoms with E-state index in [-0.39, 0.29) is 12.1 Å². The van der Waals surface area contributed by atoms with E-state index in [0.29, 0.717) is 23.5 Å². The summed E-state index contributed by atoms with van der Waals surface area (Å²) in [6, 6.07) is 0. The van der Waals surface area contributed by atoms with Crippen LogP contribution in [0.5, 0.6) is 0 Å². The van der Waals surface area contributed by atoms with Gasteiger partial charge in [-0.3, -0.25) is 4.79 Å². The first-order valence-electron chi connectivity index (χ1n) is 10.1. The second kappa shape index (κ2) is 12.1. The van der Waals surface area contributed by atoms with Gasteiger partial charge in [-0.05, 0) is 43.9 Å². The summed E-state index contributed by atoms with van der Waals surface area (Å²) in [7, 11) is 5.54. The van der Waals surface area contributed by atoms with Crippen molar-refractivity contribution in [1.29, 1.82) is 0 Å². The third-order valence-corrected chi connectivity index (χ3v) is 8.85. The van der Waals surface area contributed by atoms with Gasteiger partial charge in [-0.1, -0.05) is 72.1 Å². The van der Waals surface area contributed by atoms with Gasteiger partial charge in [0.1, 0.15) is 0 Å². The van der Waals surface area contributed by atoms with Crippen LogP contribution in [0.2, 0.25) is 0 Å². The van der Waals surface area contributed by atoms with Crippen molar-refractivity contribution in [2.75, 3.05) is 7.11 Å². The van der Waals surface area contributed by atoms with Gasteiger partial charge in [-0.15, -0.1) is 0 Å². The van der Waals surface area contributed by atoms with E-state index in [0.717, 1.165) is 37.4 Å². The molecule has 2 rings (SSSR count). The smallest absolute Gasteiger partial charge is 0.305 e. The summed E-state index contributed by atoms with van der Waals surface area (Å²) >= 11 is 0. The standard InChI is InChI=1S/C21H34O3S2/c1-3-4-7-10-16(22)13-14-18-17(19-15-20(18)26-25-19)11-8-5-6-9-12-21(23)24-2/h5,8,13-14,16-20,22H,3-4,6-7,9-12,15H2,1-2H3/b8-5-,14-13+/t16-,17+,18+,19-,20+/m0/s1. The maximum atomic E-state index is 11.1. The van der Waals surface area contributed by atoms with Crippen molar-refractivity contribution in [3.05, 3.63) is 24.3 Å². The number of carbonyl (C=O) groups is 1. The number of aliphatic hydroxyl groups excluding tert-OH is 1. The van der Waals surface area contributed by atoms with E-state index >= 15 is 0 Å². The number of fused-ring (bicyclic) bond motifs is 2. The van der Waals surface area contributed by atoms with Crippen LogP contribution in [0.15, 0.2) is 24.3 Å². The number of allylic oxidation sites excluding steroid dienone is 3. The van der Waals surface area contributed by atoms with Crippen molar-refractivity contribution < 1.29 is 14.6 Å². The molecule has 148 valence electrons. The summed E-state index contributed by atoms with van der Waals surface area (Å²) in [5, 5.41) is 11.6. The van der Waals surface area contributed by atoms with Gasteiger partial charge in [-0.25, -0.2) is 0 Å². The van der Waals surface area contributed by atoms with Crippen molar-refractivity contribution in [3.63, 3.8) is 0 Å². The van der Waals surface area contributed by atoms with E-state index in [4.69, 9.17) is 0 Å². The predicted molar refractivity (Wildman–Crippen MR) is 113 cm³/mol. The van der Waals surface area contributed by atoms with Crippen molar-refractivity contribution >= 4 is 27.6 Å². The lowest BCUT2D eigenvalue weighted by atomic mass is 9.91. The predicted octanol–water partition coefficient (Wildman–Crippen LogP) is 5.54. The second-order valence-electron chi connectivity index (χ2n) is 7.37. The van der Waals surface area contributed by atoms with Gasteiger partial charge in [-0.2, -0.15) is 0 Å². The topological polar surface area (TPSA) is 46.5 Å². The molecule has 0 aromatic carbocycles. The number of carbonyl (C=O) groups excluding carboxylic acids is 1. The number of unbranched alkanes of at least 4 members (excludes halogenated alkanes) is 3. The highest BCUT2D eigenvalue weighted by molar-refractivity contribution is 8.77. The minimum Gasteiger partial charge on any atom is -0.469 e. The summed E-state index contributed by atoms with van der Waals surface area (Å²) in [5.74, 6) is 1.15. The van der Waals surface area contributed by atoms with Gasteiger partial charge in [0.05, 0.1) is 13.2 Å². The quantitative estimate of drug-likeness (QED) is 0.202. The van der Waals surface area contributed by atoms with Gasteiger partial charge < -0.3 is 9.84 Å². The Morgan fingerprint density at radius 2 is 2.04 bits per heavy atom. The molecular formula is C21H34O3S2. The molecule has 2 bridgehead atoms. The van der Waals surface area contributed by atoms with Crippen LogP contribution in [0.3, 0.4) is 0 Å². The number of esters is 1. The minimum absolute atomic E-state index is 0.123. The number of ether oxygens (including phenoxy) is 1. The molecule has 0 aromatic heterocycles. The monoisotopic (exact) mass is 398 g/mol. The number of rotatable bonds is 12. The highest BCUT2D eigenvalue weighted by Gasteiger charge is 2.47. The fourth-order valence-electron chi connectivity index (χ4n) is 3.81. The van der Waals surface area contributed by atoms with Crippen LogP contribution in [0.25, 0.3) is 0 Å². The number of methoxy groups -OCH3 is 1. The van der Waals surface area contributed by atoms with Crippen LogP contribution in [-0.4, -0.2) is 34.8 Å². The highest BCUT2D eigenvalue weighted by atomic mass is 33.1. The summed E-state index contributed by atoms with van der Waals surface area (Å²) in [6.07, 6.45) is 17.7. The fraction of sp³-hybridized carbons (Fsp3) is 0.762. The SMILES string of the molecule is CCCCC[C@H](O)/C=C/[C@@H]1[C@@H](C/C=C\CCCC(=O)OC)[C@@H]2C[C@H]1SS2. The first kappa shape index (κ1) is 21.9. The van der Waals surface area contributed by atoms with E-state index in [1.54, 1.807) is 0 Å². The van der Waals surface area contributed by atoms with E-state index in [9.17, 15) is 9.90 Å². The summed E-state index contributed by atoms with van der Waals surface area (Å²) < 4.78 is 4.67. The van der Waals surface area contributed by atoms with Crippen molar-refractivity contribution in [2.45, 2.75) is 81.3 Å². The van der Waals surface area contributed by atoms with E-state index < -0.39 is 0 Å². The zero-order valence-electron chi connectivity index (χ0n) is 16.1. The normalized spacial score (nSPS) is 29.0. The molecule has 26 heavy (non-hydrogen) atoms. The van der Waals surface area contributed by atoms with Crippen molar-refractivity contribution in [2.24, 2.45) is 11.8 Å². The maximum Gasteiger partial charge on any atom is 0.305 e. The Morgan fingerprint density at radius 1 is 1.23 bits per heavy atom. The molecule has 1 saturated heterocycles. The van der Waals surface area contributed by atoms with Crippen molar-refractivity contribution in [1.82, 2.24) is 0 Å². The molecule has 0 amide bonds. The van der Waals surface area contributed by atoms with Gasteiger partial charge in [0.2, 0.25) is 0 Å². The first-order chi connectivity index (χ1) is 12.7. The van der Waals surface area contributed by atoms with Crippen LogP contribution >= 0.6 is 21.6 Å². The lowest BCUT2D eigenvalue weighted by Gasteiger charge is -2.27. The average Bonchev–Trinajstić information content (AvgIpc) is 3.24. The Labute approximate surface area is 166 Å². The summed E-state index contributed by atoms with van der Waals surface area (Å²) in [4.78, 5) is 11.1. The molecule has 0 unspecified atom stereocenters. The Morgan fingerprint density at radius 3 is 2.81 bits per heavy atom. The number of aliphatic hydroxyl groups is 1. The molecule has 1 heterocycles.